The second kappa shape index (κ2) is 3.87. The van der Waals surface area contributed by atoms with Crippen LogP contribution in [0.4, 0.5) is 0 Å². The molecule has 0 atom stereocenters. The average molecular weight is 189 g/mol. The monoisotopic (exact) mass is 189 g/mol. The summed E-state index contributed by atoms with van der Waals surface area (Å²) < 4.78 is 0. The van der Waals surface area contributed by atoms with Crippen molar-refractivity contribution in [3.8, 4) is 0 Å². The summed E-state index contributed by atoms with van der Waals surface area (Å²) in [4.78, 5) is 2.08. The van der Waals surface area contributed by atoms with Crippen LogP contribution < -0.4 is 0 Å². The van der Waals surface area contributed by atoms with Gasteiger partial charge in [0.2, 0.25) is 0 Å². The van der Waals surface area contributed by atoms with Gasteiger partial charge in [-0.25, -0.2) is 0 Å². The highest BCUT2D eigenvalue weighted by molar-refractivity contribution is 5.51. The van der Waals surface area contributed by atoms with Crippen molar-refractivity contribution in [3.05, 3.63) is 46.8 Å². The lowest BCUT2D eigenvalue weighted by Crippen LogP contribution is -2.16. The van der Waals surface area contributed by atoms with Gasteiger partial charge in [-0.05, 0) is 44.4 Å². The third-order valence-corrected chi connectivity index (χ3v) is 2.51. The molecule has 0 aromatic carbocycles. The maximum absolute atomic E-state index is 4.06. The van der Waals surface area contributed by atoms with Crippen LogP contribution in [0.1, 0.15) is 27.7 Å². The van der Waals surface area contributed by atoms with Gasteiger partial charge < -0.3 is 4.90 Å². The molecule has 0 fully saturated rings. The normalized spacial score (nSPS) is 17.1. The van der Waals surface area contributed by atoms with Gasteiger partial charge in [-0.15, -0.1) is 0 Å². The molecular formula is C13H19N. The molecule has 0 radical (unpaired) electrons. The minimum Gasteiger partial charge on any atom is -0.351 e. The van der Waals surface area contributed by atoms with E-state index in [1.807, 2.05) is 7.05 Å². The van der Waals surface area contributed by atoms with Gasteiger partial charge in [0.05, 0.1) is 0 Å². The van der Waals surface area contributed by atoms with Crippen LogP contribution in [0.5, 0.6) is 0 Å². The summed E-state index contributed by atoms with van der Waals surface area (Å²) in [6.45, 7) is 12.6. The first kappa shape index (κ1) is 10.8. The Morgan fingerprint density at radius 1 is 1.36 bits per heavy atom. The summed E-state index contributed by atoms with van der Waals surface area (Å²) in [5.41, 5.74) is 6.30. The van der Waals surface area contributed by atoms with Crippen LogP contribution in [0, 0.1) is 0 Å². The van der Waals surface area contributed by atoms with Gasteiger partial charge in [0.25, 0.3) is 0 Å². The van der Waals surface area contributed by atoms with Crippen molar-refractivity contribution in [1.82, 2.24) is 4.90 Å². The predicted octanol–water partition coefficient (Wildman–Crippen LogP) is 3.63. The minimum absolute atomic E-state index is 1.09. The molecule has 0 saturated heterocycles. The van der Waals surface area contributed by atoms with E-state index >= 15 is 0 Å². The standard InChI is InChI=1S/C13H19N/c1-9(2)7-13-10(3)8-14(6)12(5)11(13)4/h7-8H,5H2,1-4,6H3. The van der Waals surface area contributed by atoms with Crippen molar-refractivity contribution in [2.24, 2.45) is 0 Å². The van der Waals surface area contributed by atoms with E-state index in [0.717, 1.165) is 5.70 Å². The first-order chi connectivity index (χ1) is 6.43. The number of nitrogens with zero attached hydrogens (tertiary/aromatic N) is 1. The molecule has 1 aliphatic rings. The van der Waals surface area contributed by atoms with Crippen LogP contribution >= 0.6 is 0 Å². The third kappa shape index (κ3) is 1.98. The molecule has 0 saturated carbocycles. The van der Waals surface area contributed by atoms with Gasteiger partial charge in [-0.1, -0.05) is 18.2 Å². The minimum atomic E-state index is 1.09. The van der Waals surface area contributed by atoms with E-state index < -0.39 is 0 Å². The SMILES string of the molecule is C=C1C(C)=C(C=C(C)C)C(C)=CN1C. The maximum Gasteiger partial charge on any atom is 0.0366 e. The number of likely N-dealkylation sites (N-methyl/N-ethyl adjacent to an activating group) is 1. The van der Waals surface area contributed by atoms with E-state index in [0.29, 0.717) is 0 Å². The summed E-state index contributed by atoms with van der Waals surface area (Å²) in [5, 5.41) is 0. The largest absolute Gasteiger partial charge is 0.351 e. The first-order valence-corrected chi connectivity index (χ1v) is 4.90. The summed E-state index contributed by atoms with van der Waals surface area (Å²) in [6, 6.07) is 0. The Labute approximate surface area is 87.1 Å². The third-order valence-electron chi connectivity index (χ3n) is 2.51. The van der Waals surface area contributed by atoms with Gasteiger partial charge >= 0.3 is 0 Å². The van der Waals surface area contributed by atoms with Crippen LogP contribution in [0.15, 0.2) is 46.8 Å². The van der Waals surface area contributed by atoms with Crippen LogP contribution in [-0.4, -0.2) is 11.9 Å². The highest BCUT2D eigenvalue weighted by Crippen LogP contribution is 2.28. The fourth-order valence-electron chi connectivity index (χ4n) is 1.66. The smallest absolute Gasteiger partial charge is 0.0366 e. The van der Waals surface area contributed by atoms with Gasteiger partial charge in [0.1, 0.15) is 0 Å². The average Bonchev–Trinajstić information content (AvgIpc) is 2.09. The molecule has 0 bridgehead atoms. The molecule has 14 heavy (non-hydrogen) atoms. The maximum atomic E-state index is 4.06. The lowest BCUT2D eigenvalue weighted by molar-refractivity contribution is 0.567. The van der Waals surface area contributed by atoms with Crippen molar-refractivity contribution in [2.45, 2.75) is 27.7 Å². The van der Waals surface area contributed by atoms with Crippen LogP contribution in [0.3, 0.4) is 0 Å². The summed E-state index contributed by atoms with van der Waals surface area (Å²) in [7, 11) is 2.04. The quantitative estimate of drug-likeness (QED) is 0.609. The van der Waals surface area contributed by atoms with E-state index in [2.05, 4.69) is 51.4 Å². The Morgan fingerprint density at radius 2 is 1.93 bits per heavy atom. The molecule has 0 aromatic rings. The van der Waals surface area contributed by atoms with E-state index in [9.17, 15) is 0 Å². The molecule has 0 spiro atoms. The fourth-order valence-corrected chi connectivity index (χ4v) is 1.66. The summed E-state index contributed by atoms with van der Waals surface area (Å²) >= 11 is 0. The molecule has 1 rings (SSSR count). The lowest BCUT2D eigenvalue weighted by Gasteiger charge is -2.26. The Hall–Kier alpha value is -1.24. The van der Waals surface area contributed by atoms with E-state index in [1.54, 1.807) is 0 Å². The molecule has 1 nitrogen and oxygen atoms in total. The van der Waals surface area contributed by atoms with Crippen LogP contribution in [0.2, 0.25) is 0 Å². The van der Waals surface area contributed by atoms with Crippen LogP contribution in [0.25, 0.3) is 0 Å². The topological polar surface area (TPSA) is 3.24 Å². The van der Waals surface area contributed by atoms with Gasteiger partial charge in [0, 0.05) is 18.9 Å². The molecule has 1 aliphatic heterocycles. The van der Waals surface area contributed by atoms with Crippen molar-refractivity contribution in [1.29, 1.82) is 0 Å². The molecule has 1 heterocycles. The molecule has 0 amide bonds. The molecule has 0 aliphatic carbocycles. The van der Waals surface area contributed by atoms with Gasteiger partial charge in [-0.2, -0.15) is 0 Å². The fraction of sp³-hybridized carbons (Fsp3) is 0.385. The van der Waals surface area contributed by atoms with Gasteiger partial charge in [0.15, 0.2) is 0 Å². The number of hydrogen-bond donors (Lipinski definition) is 0. The molecular weight excluding hydrogens is 170 g/mol. The Balaban J connectivity index is 3.21. The van der Waals surface area contributed by atoms with Crippen molar-refractivity contribution < 1.29 is 0 Å². The van der Waals surface area contributed by atoms with Crippen LogP contribution in [-0.2, 0) is 0 Å². The summed E-state index contributed by atoms with van der Waals surface area (Å²) in [6.07, 6.45) is 4.35. The molecule has 76 valence electrons. The van der Waals surface area contributed by atoms with Gasteiger partial charge in [-0.3, -0.25) is 0 Å². The van der Waals surface area contributed by atoms with Crippen molar-refractivity contribution >= 4 is 0 Å². The lowest BCUT2D eigenvalue weighted by atomic mass is 9.95. The van der Waals surface area contributed by atoms with Crippen molar-refractivity contribution in [2.75, 3.05) is 7.05 Å². The van der Waals surface area contributed by atoms with E-state index in [4.69, 9.17) is 0 Å². The number of hydrogen-bond acceptors (Lipinski definition) is 1. The second-order valence-electron chi connectivity index (χ2n) is 4.13. The molecule has 0 N–H and O–H groups in total. The predicted molar refractivity (Wildman–Crippen MR) is 62.8 cm³/mol. The molecule has 0 aromatic heterocycles. The zero-order valence-corrected chi connectivity index (χ0v) is 9.81. The number of rotatable bonds is 1. The summed E-state index contributed by atoms with van der Waals surface area (Å²) in [5.74, 6) is 0. The second-order valence-corrected chi connectivity index (χ2v) is 4.13. The van der Waals surface area contributed by atoms with E-state index in [1.165, 1.54) is 22.3 Å². The Morgan fingerprint density at radius 3 is 2.43 bits per heavy atom. The first-order valence-electron chi connectivity index (χ1n) is 4.90. The number of allylic oxidation sites excluding steroid dienone is 5. The Bertz CT molecular complexity index is 349. The molecule has 0 unspecified atom stereocenters. The Kier molecular flexibility index (Phi) is 3.00. The van der Waals surface area contributed by atoms with Crippen molar-refractivity contribution in [3.63, 3.8) is 0 Å². The highest BCUT2D eigenvalue weighted by Gasteiger charge is 2.14. The highest BCUT2D eigenvalue weighted by atomic mass is 15.1. The molecule has 1 heteroatoms. The zero-order chi connectivity index (χ0) is 10.9. The van der Waals surface area contributed by atoms with E-state index in [-0.39, 0.29) is 0 Å². The zero-order valence-electron chi connectivity index (χ0n) is 9.81.